The van der Waals surface area contributed by atoms with E-state index in [1.807, 2.05) is 20.8 Å². The molecule has 21 heavy (non-hydrogen) atoms. The van der Waals surface area contributed by atoms with Crippen molar-refractivity contribution in [2.75, 3.05) is 7.11 Å². The molecule has 0 heterocycles. The van der Waals surface area contributed by atoms with E-state index in [1.54, 1.807) is 19.3 Å². The van der Waals surface area contributed by atoms with Crippen molar-refractivity contribution < 1.29 is 19.1 Å². The largest absolute Gasteiger partial charge is 0.501 e. The van der Waals surface area contributed by atoms with E-state index in [0.717, 1.165) is 0 Å². The average Bonchev–Trinajstić information content (AvgIpc) is 2.37. The number of ether oxygens (including phenoxy) is 2. The van der Waals surface area contributed by atoms with Crippen LogP contribution in [-0.4, -0.2) is 24.5 Å². The Morgan fingerprint density at radius 3 is 2.62 bits per heavy atom. The molecule has 0 N–H and O–H groups in total. The van der Waals surface area contributed by atoms with Crippen molar-refractivity contribution in [3.05, 3.63) is 24.5 Å². The fourth-order valence-corrected chi connectivity index (χ4v) is 2.58. The summed E-state index contributed by atoms with van der Waals surface area (Å²) in [6.45, 7) is 9.25. The van der Waals surface area contributed by atoms with Crippen molar-refractivity contribution in [3.63, 3.8) is 0 Å². The molecule has 1 aliphatic rings. The van der Waals surface area contributed by atoms with Crippen LogP contribution in [0.15, 0.2) is 24.5 Å². The Labute approximate surface area is 127 Å². The van der Waals surface area contributed by atoms with Gasteiger partial charge in [-0.25, -0.2) is 0 Å². The molecule has 0 saturated heterocycles. The van der Waals surface area contributed by atoms with Gasteiger partial charge in [0, 0.05) is 24.3 Å². The molecule has 0 fully saturated rings. The molecule has 0 aromatic rings. The Morgan fingerprint density at radius 1 is 1.48 bits per heavy atom. The monoisotopic (exact) mass is 294 g/mol. The first-order valence-corrected chi connectivity index (χ1v) is 7.34. The van der Waals surface area contributed by atoms with E-state index in [1.165, 1.54) is 0 Å². The first-order valence-electron chi connectivity index (χ1n) is 7.34. The highest BCUT2D eigenvalue weighted by molar-refractivity contribution is 5.96. The van der Waals surface area contributed by atoms with Gasteiger partial charge in [-0.15, -0.1) is 6.58 Å². The van der Waals surface area contributed by atoms with Gasteiger partial charge in [0.2, 0.25) is 0 Å². The molecule has 0 aromatic carbocycles. The standard InChI is InChI=1S/C17H26O4/c1-6-9-17(10-7-13(20-5)12-14(17)18)11-8-15(19)21-16(2,3)4/h6,12H,1,7-11H2,2-5H3. The molecule has 0 aliphatic heterocycles. The topological polar surface area (TPSA) is 52.6 Å². The zero-order valence-electron chi connectivity index (χ0n) is 13.5. The maximum atomic E-state index is 12.4. The quantitative estimate of drug-likeness (QED) is 0.555. The van der Waals surface area contributed by atoms with E-state index in [4.69, 9.17) is 9.47 Å². The number of rotatable bonds is 6. The number of hydrogen-bond donors (Lipinski definition) is 0. The molecule has 1 atom stereocenters. The summed E-state index contributed by atoms with van der Waals surface area (Å²) in [6.07, 6.45) is 6.00. The summed E-state index contributed by atoms with van der Waals surface area (Å²) >= 11 is 0. The molecule has 0 radical (unpaired) electrons. The molecular weight excluding hydrogens is 268 g/mol. The highest BCUT2D eigenvalue weighted by atomic mass is 16.6. The molecule has 4 nitrogen and oxygen atoms in total. The second kappa shape index (κ2) is 6.92. The lowest BCUT2D eigenvalue weighted by Crippen LogP contribution is -2.34. The molecule has 4 heteroatoms. The highest BCUT2D eigenvalue weighted by Gasteiger charge is 2.39. The zero-order chi connectivity index (χ0) is 16.1. The van der Waals surface area contributed by atoms with Gasteiger partial charge in [0.25, 0.3) is 0 Å². The Balaban J connectivity index is 2.75. The fraction of sp³-hybridized carbons (Fsp3) is 0.647. The maximum Gasteiger partial charge on any atom is 0.306 e. The normalized spacial score (nSPS) is 22.5. The van der Waals surface area contributed by atoms with Crippen LogP contribution in [0.2, 0.25) is 0 Å². The lowest BCUT2D eigenvalue weighted by molar-refractivity contribution is -0.155. The molecule has 0 aromatic heterocycles. The van der Waals surface area contributed by atoms with Gasteiger partial charge < -0.3 is 9.47 Å². The van der Waals surface area contributed by atoms with E-state index in [0.29, 0.717) is 31.4 Å². The van der Waals surface area contributed by atoms with Crippen molar-refractivity contribution in [2.45, 2.75) is 58.5 Å². The van der Waals surface area contributed by atoms with Gasteiger partial charge in [0.05, 0.1) is 12.9 Å². The highest BCUT2D eigenvalue weighted by Crippen LogP contribution is 2.40. The fourth-order valence-electron chi connectivity index (χ4n) is 2.58. The second-order valence-electron chi connectivity index (χ2n) is 6.54. The zero-order valence-corrected chi connectivity index (χ0v) is 13.5. The van der Waals surface area contributed by atoms with E-state index < -0.39 is 11.0 Å². The van der Waals surface area contributed by atoms with E-state index in [2.05, 4.69) is 6.58 Å². The summed E-state index contributed by atoms with van der Waals surface area (Å²) in [7, 11) is 1.57. The van der Waals surface area contributed by atoms with Gasteiger partial charge in [-0.2, -0.15) is 0 Å². The van der Waals surface area contributed by atoms with Crippen molar-refractivity contribution in [2.24, 2.45) is 5.41 Å². The molecule has 1 rings (SSSR count). The Morgan fingerprint density at radius 2 is 2.14 bits per heavy atom. The number of allylic oxidation sites excluding steroid dienone is 3. The van der Waals surface area contributed by atoms with Crippen LogP contribution in [-0.2, 0) is 19.1 Å². The smallest absolute Gasteiger partial charge is 0.306 e. The molecule has 0 bridgehead atoms. The third-order valence-electron chi connectivity index (χ3n) is 3.69. The SMILES string of the molecule is C=CCC1(CCC(=O)OC(C)(C)C)CCC(OC)=CC1=O. The average molecular weight is 294 g/mol. The number of carbonyl (C=O) groups excluding carboxylic acids is 2. The third-order valence-corrected chi connectivity index (χ3v) is 3.69. The Kier molecular flexibility index (Phi) is 5.76. The lowest BCUT2D eigenvalue weighted by Gasteiger charge is -2.34. The molecule has 0 saturated carbocycles. The lowest BCUT2D eigenvalue weighted by atomic mass is 9.70. The molecule has 0 spiro atoms. The van der Waals surface area contributed by atoms with Crippen LogP contribution in [0.1, 0.15) is 52.9 Å². The number of esters is 1. The van der Waals surface area contributed by atoms with Crippen molar-refractivity contribution in [1.82, 2.24) is 0 Å². The molecule has 0 amide bonds. The summed E-state index contributed by atoms with van der Waals surface area (Å²) in [5.41, 5.74) is -1.04. The van der Waals surface area contributed by atoms with Gasteiger partial charge in [0.1, 0.15) is 5.60 Å². The molecule has 118 valence electrons. The van der Waals surface area contributed by atoms with Crippen molar-refractivity contribution in [3.8, 4) is 0 Å². The van der Waals surface area contributed by atoms with Crippen LogP contribution in [0, 0.1) is 5.41 Å². The minimum absolute atomic E-state index is 0.0223. The van der Waals surface area contributed by atoms with Gasteiger partial charge in [0.15, 0.2) is 5.78 Å². The summed E-state index contributed by atoms with van der Waals surface area (Å²) in [5.74, 6) is 0.464. The maximum absolute atomic E-state index is 12.4. The van der Waals surface area contributed by atoms with Gasteiger partial charge in [-0.1, -0.05) is 6.08 Å². The van der Waals surface area contributed by atoms with Crippen molar-refractivity contribution in [1.29, 1.82) is 0 Å². The van der Waals surface area contributed by atoms with Gasteiger partial charge in [-0.3, -0.25) is 9.59 Å². The van der Waals surface area contributed by atoms with Gasteiger partial charge in [-0.05, 0) is 40.0 Å². The molecular formula is C17H26O4. The van der Waals surface area contributed by atoms with Crippen LogP contribution < -0.4 is 0 Å². The van der Waals surface area contributed by atoms with Crippen molar-refractivity contribution >= 4 is 11.8 Å². The van der Waals surface area contributed by atoms with E-state index in [9.17, 15) is 9.59 Å². The summed E-state index contributed by atoms with van der Waals surface area (Å²) in [6, 6.07) is 0. The number of hydrogen-bond acceptors (Lipinski definition) is 4. The van der Waals surface area contributed by atoms with Crippen LogP contribution in [0.5, 0.6) is 0 Å². The first kappa shape index (κ1) is 17.5. The van der Waals surface area contributed by atoms with E-state index in [-0.39, 0.29) is 18.2 Å². The summed E-state index contributed by atoms with van der Waals surface area (Å²) in [5, 5.41) is 0. The first-order chi connectivity index (χ1) is 9.72. The predicted molar refractivity (Wildman–Crippen MR) is 81.7 cm³/mol. The summed E-state index contributed by atoms with van der Waals surface area (Å²) in [4.78, 5) is 24.3. The minimum atomic E-state index is -0.541. The van der Waals surface area contributed by atoms with Crippen LogP contribution in [0.25, 0.3) is 0 Å². The van der Waals surface area contributed by atoms with Crippen LogP contribution in [0.3, 0.4) is 0 Å². The van der Waals surface area contributed by atoms with Gasteiger partial charge >= 0.3 is 5.97 Å². The Bertz CT molecular complexity index is 442. The minimum Gasteiger partial charge on any atom is -0.501 e. The predicted octanol–water partition coefficient (Wildman–Crippen LogP) is 3.56. The Hall–Kier alpha value is -1.58. The van der Waals surface area contributed by atoms with Crippen LogP contribution in [0.4, 0.5) is 0 Å². The second-order valence-corrected chi connectivity index (χ2v) is 6.54. The van der Waals surface area contributed by atoms with E-state index >= 15 is 0 Å². The third kappa shape index (κ3) is 5.03. The molecule has 1 unspecified atom stereocenters. The number of ketones is 1. The number of methoxy groups -OCH3 is 1. The molecule has 1 aliphatic carbocycles. The summed E-state index contributed by atoms with van der Waals surface area (Å²) < 4.78 is 10.5. The van der Waals surface area contributed by atoms with Crippen LogP contribution >= 0.6 is 0 Å². The number of carbonyl (C=O) groups is 2.